The van der Waals surface area contributed by atoms with Crippen molar-refractivity contribution in [2.45, 2.75) is 32.9 Å². The van der Waals surface area contributed by atoms with Crippen LogP contribution in [0.2, 0.25) is 0 Å². The molecule has 1 aliphatic heterocycles. The summed E-state index contributed by atoms with van der Waals surface area (Å²) in [5, 5.41) is 3.13. The number of amides is 1. The molecule has 1 aliphatic rings. The van der Waals surface area contributed by atoms with Crippen LogP contribution in [0.5, 0.6) is 0 Å². The second-order valence-electron chi connectivity index (χ2n) is 5.08. The van der Waals surface area contributed by atoms with Crippen LogP contribution < -0.4 is 11.1 Å². The number of primary amides is 1. The molecule has 0 aliphatic carbocycles. The molecule has 2 heterocycles. The van der Waals surface area contributed by atoms with Gasteiger partial charge in [-0.3, -0.25) is 14.8 Å². The molecule has 0 saturated carbocycles. The second-order valence-corrected chi connectivity index (χ2v) is 5.08. The van der Waals surface area contributed by atoms with Gasteiger partial charge in [0, 0.05) is 30.2 Å². The molecule has 5 heteroatoms. The van der Waals surface area contributed by atoms with Gasteiger partial charge in [0.05, 0.1) is 5.57 Å². The van der Waals surface area contributed by atoms with E-state index in [2.05, 4.69) is 15.3 Å². The lowest BCUT2D eigenvalue weighted by molar-refractivity contribution is -0.114. The topological polar surface area (TPSA) is 80.4 Å². The first-order valence-corrected chi connectivity index (χ1v) is 6.15. The largest absolute Gasteiger partial charge is 0.367 e. The third-order valence-electron chi connectivity index (χ3n) is 3.00. The van der Waals surface area contributed by atoms with Crippen molar-refractivity contribution in [3.63, 3.8) is 0 Å². The Morgan fingerprint density at radius 3 is 2.47 bits per heavy atom. The maximum absolute atomic E-state index is 11.0. The fraction of sp³-hybridized carbons (Fsp3) is 0.357. The van der Waals surface area contributed by atoms with Gasteiger partial charge in [0.15, 0.2) is 0 Å². The van der Waals surface area contributed by atoms with Crippen LogP contribution >= 0.6 is 0 Å². The van der Waals surface area contributed by atoms with E-state index in [1.807, 2.05) is 32.9 Å². The first-order chi connectivity index (χ1) is 8.88. The zero-order valence-electron chi connectivity index (χ0n) is 11.4. The molecule has 5 nitrogen and oxygen atoms in total. The molecule has 3 N–H and O–H groups in total. The first-order valence-electron chi connectivity index (χ1n) is 6.15. The molecule has 1 aromatic rings. The van der Waals surface area contributed by atoms with Gasteiger partial charge >= 0.3 is 0 Å². The van der Waals surface area contributed by atoms with Crippen molar-refractivity contribution in [1.82, 2.24) is 10.3 Å². The number of carbonyl (C=O) groups is 1. The van der Waals surface area contributed by atoms with Crippen LogP contribution in [-0.2, 0) is 11.2 Å². The number of nitrogens with one attached hydrogen (secondary N) is 1. The van der Waals surface area contributed by atoms with E-state index < -0.39 is 11.6 Å². The maximum Gasteiger partial charge on any atom is 0.251 e. The number of rotatable bonds is 3. The second kappa shape index (κ2) is 4.84. The van der Waals surface area contributed by atoms with Crippen LogP contribution in [0.25, 0.3) is 0 Å². The van der Waals surface area contributed by atoms with Crippen molar-refractivity contribution in [1.29, 1.82) is 0 Å². The number of nitrogens with zero attached hydrogens (tertiary/aromatic N) is 2. The van der Waals surface area contributed by atoms with E-state index in [1.165, 1.54) is 6.21 Å². The van der Waals surface area contributed by atoms with Crippen molar-refractivity contribution >= 4 is 12.1 Å². The van der Waals surface area contributed by atoms with E-state index in [0.717, 1.165) is 23.4 Å². The molecular weight excluding hydrogens is 240 g/mol. The van der Waals surface area contributed by atoms with Crippen LogP contribution in [-0.4, -0.2) is 22.8 Å². The average molecular weight is 258 g/mol. The Kier molecular flexibility index (Phi) is 3.38. The van der Waals surface area contributed by atoms with E-state index in [0.29, 0.717) is 5.57 Å². The summed E-state index contributed by atoms with van der Waals surface area (Å²) >= 11 is 0. The van der Waals surface area contributed by atoms with Crippen molar-refractivity contribution in [3.05, 3.63) is 40.9 Å². The fourth-order valence-corrected chi connectivity index (χ4v) is 2.17. The molecule has 0 radical (unpaired) electrons. The number of pyridine rings is 1. The van der Waals surface area contributed by atoms with E-state index in [-0.39, 0.29) is 0 Å². The van der Waals surface area contributed by atoms with Gasteiger partial charge in [-0.25, -0.2) is 0 Å². The summed E-state index contributed by atoms with van der Waals surface area (Å²) in [7, 11) is 0. The van der Waals surface area contributed by atoms with E-state index in [9.17, 15) is 4.79 Å². The number of aromatic nitrogens is 1. The molecule has 1 unspecified atom stereocenters. The van der Waals surface area contributed by atoms with Crippen molar-refractivity contribution in [2.24, 2.45) is 10.7 Å². The van der Waals surface area contributed by atoms with Gasteiger partial charge in [0.1, 0.15) is 5.66 Å². The minimum absolute atomic E-state index is 0.388. The third-order valence-corrected chi connectivity index (χ3v) is 3.00. The molecule has 19 heavy (non-hydrogen) atoms. The highest BCUT2D eigenvalue weighted by Crippen LogP contribution is 2.18. The molecule has 1 amide bonds. The molecule has 1 aromatic heterocycles. The quantitative estimate of drug-likeness (QED) is 0.848. The van der Waals surface area contributed by atoms with Crippen LogP contribution in [0.15, 0.2) is 28.9 Å². The highest BCUT2D eigenvalue weighted by Gasteiger charge is 2.25. The number of aliphatic imine (C=N–C) groups is 1. The minimum atomic E-state index is -0.478. The van der Waals surface area contributed by atoms with Crippen LogP contribution in [0.1, 0.15) is 23.9 Å². The summed E-state index contributed by atoms with van der Waals surface area (Å²) in [6.45, 7) is 5.92. The number of carbonyl (C=O) groups excluding carboxylic acids is 1. The third kappa shape index (κ3) is 3.19. The fourth-order valence-electron chi connectivity index (χ4n) is 2.17. The van der Waals surface area contributed by atoms with Gasteiger partial charge in [-0.1, -0.05) is 0 Å². The van der Waals surface area contributed by atoms with Crippen LogP contribution in [0.3, 0.4) is 0 Å². The Morgan fingerprint density at radius 1 is 1.37 bits per heavy atom. The smallest absolute Gasteiger partial charge is 0.251 e. The number of hydrogen-bond donors (Lipinski definition) is 2. The first kappa shape index (κ1) is 13.3. The zero-order valence-corrected chi connectivity index (χ0v) is 11.4. The van der Waals surface area contributed by atoms with Gasteiger partial charge in [-0.05, 0) is 38.5 Å². The molecule has 1 atom stereocenters. The lowest BCUT2D eigenvalue weighted by atomic mass is 10.00. The molecular formula is C14H18N4O. The van der Waals surface area contributed by atoms with Crippen molar-refractivity contribution < 1.29 is 4.79 Å². The normalized spacial score (nSPS) is 21.7. The van der Waals surface area contributed by atoms with Gasteiger partial charge < -0.3 is 11.1 Å². The van der Waals surface area contributed by atoms with Gasteiger partial charge in [-0.15, -0.1) is 0 Å². The van der Waals surface area contributed by atoms with E-state index >= 15 is 0 Å². The van der Waals surface area contributed by atoms with Crippen molar-refractivity contribution in [2.75, 3.05) is 0 Å². The predicted octanol–water partition coefficient (Wildman–Crippen LogP) is 1.00. The molecule has 0 spiro atoms. The Hall–Kier alpha value is -2.17. The highest BCUT2D eigenvalue weighted by molar-refractivity contribution is 6.11. The molecule has 100 valence electrons. The lowest BCUT2D eigenvalue weighted by Crippen LogP contribution is -2.42. The van der Waals surface area contributed by atoms with Crippen LogP contribution in [0, 0.1) is 13.8 Å². The number of nitrogens with two attached hydrogens (primary N) is 1. The summed E-state index contributed by atoms with van der Waals surface area (Å²) < 4.78 is 0. The minimum Gasteiger partial charge on any atom is -0.367 e. The number of aryl methyl sites for hydroxylation is 2. The lowest BCUT2D eigenvalue weighted by Gasteiger charge is -2.29. The summed E-state index contributed by atoms with van der Waals surface area (Å²) in [6, 6.07) is 4.09. The molecule has 0 saturated heterocycles. The predicted molar refractivity (Wildman–Crippen MR) is 74.7 cm³/mol. The average Bonchev–Trinajstić information content (AvgIpc) is 2.27. The SMILES string of the molecule is Cc1cc(CC2(C)N=CC(C(N)=O)=CN2)cc(C)n1. The van der Waals surface area contributed by atoms with Gasteiger partial charge in [0.2, 0.25) is 0 Å². The van der Waals surface area contributed by atoms with E-state index in [1.54, 1.807) is 6.20 Å². The van der Waals surface area contributed by atoms with Gasteiger partial charge in [-0.2, -0.15) is 0 Å². The zero-order chi connectivity index (χ0) is 14.0. The highest BCUT2D eigenvalue weighted by atomic mass is 16.1. The maximum atomic E-state index is 11.0. The summed E-state index contributed by atoms with van der Waals surface area (Å²) in [4.78, 5) is 19.8. The van der Waals surface area contributed by atoms with Gasteiger partial charge in [0.25, 0.3) is 5.91 Å². The summed E-state index contributed by atoms with van der Waals surface area (Å²) in [5.41, 5.74) is 8.28. The Bertz CT molecular complexity index is 557. The Balaban J connectivity index is 2.16. The monoisotopic (exact) mass is 258 g/mol. The molecule has 0 fully saturated rings. The Labute approximate surface area is 112 Å². The van der Waals surface area contributed by atoms with Crippen molar-refractivity contribution in [3.8, 4) is 0 Å². The summed E-state index contributed by atoms with van der Waals surface area (Å²) in [5.74, 6) is -0.478. The number of hydrogen-bond acceptors (Lipinski definition) is 4. The Morgan fingerprint density at radius 2 is 2.00 bits per heavy atom. The molecule has 0 bridgehead atoms. The van der Waals surface area contributed by atoms with E-state index in [4.69, 9.17) is 5.73 Å². The molecule has 2 rings (SSSR count). The summed E-state index contributed by atoms with van der Waals surface area (Å²) in [6.07, 6.45) is 3.87. The van der Waals surface area contributed by atoms with Crippen LogP contribution in [0.4, 0.5) is 0 Å². The standard InChI is InChI=1S/C14H18N4O/c1-9-4-11(5-10(2)18-9)6-14(3)16-7-12(8-17-14)13(15)19/h4-5,7-8,16H,6H2,1-3H3,(H2,15,19). The molecule has 0 aromatic carbocycles.